The predicted molar refractivity (Wildman–Crippen MR) is 123 cm³/mol. The van der Waals surface area contributed by atoms with Gasteiger partial charge < -0.3 is 5.11 Å². The highest BCUT2D eigenvalue weighted by molar-refractivity contribution is 6.23. The van der Waals surface area contributed by atoms with Crippen molar-refractivity contribution in [1.82, 2.24) is 9.55 Å². The molecule has 32 heavy (non-hydrogen) atoms. The number of pyridine rings is 2. The third-order valence-corrected chi connectivity index (χ3v) is 5.31. The Morgan fingerprint density at radius 3 is 2.31 bits per heavy atom. The van der Waals surface area contributed by atoms with Gasteiger partial charge in [0.25, 0.3) is 0 Å². The van der Waals surface area contributed by atoms with Crippen LogP contribution in [0.5, 0.6) is 0 Å². The Balaban J connectivity index is 1.98. The Labute approximate surface area is 185 Å². The predicted octanol–water partition coefficient (Wildman–Crippen LogP) is 3.75. The lowest BCUT2D eigenvalue weighted by Gasteiger charge is -2.18. The Hall–Kier alpha value is -4.00. The summed E-state index contributed by atoms with van der Waals surface area (Å²) in [5.41, 5.74) is 2.38. The summed E-state index contributed by atoms with van der Waals surface area (Å²) < 4.78 is 1.52. The fourth-order valence-corrected chi connectivity index (χ4v) is 3.75. The Kier molecular flexibility index (Phi) is 5.73. The number of aromatic carboxylic acids is 1. The molecule has 0 aliphatic carbocycles. The van der Waals surface area contributed by atoms with Crippen LogP contribution in [0.2, 0.25) is 6.32 Å². The van der Waals surface area contributed by atoms with Crippen molar-refractivity contribution in [2.24, 2.45) is 0 Å². The van der Waals surface area contributed by atoms with Crippen LogP contribution in [0.25, 0.3) is 16.7 Å². The number of para-hydroxylation sites is 1. The van der Waals surface area contributed by atoms with Gasteiger partial charge in [0.15, 0.2) is 11.2 Å². The topological polar surface area (TPSA) is 89.3 Å². The first-order chi connectivity index (χ1) is 15.4. The number of aromatic nitrogens is 2. The van der Waals surface area contributed by atoms with Crippen molar-refractivity contribution in [2.45, 2.75) is 19.7 Å². The van der Waals surface area contributed by atoms with E-state index in [1.54, 1.807) is 67.6 Å². The van der Waals surface area contributed by atoms with Crippen LogP contribution in [0.4, 0.5) is 0 Å². The van der Waals surface area contributed by atoms with Gasteiger partial charge in [-0.25, -0.2) is 9.78 Å². The molecule has 2 heterocycles. The first-order valence-electron chi connectivity index (χ1n) is 10.1. The van der Waals surface area contributed by atoms with Gasteiger partial charge in [0, 0.05) is 28.9 Å². The molecule has 0 aliphatic rings. The van der Waals surface area contributed by atoms with Gasteiger partial charge in [0.1, 0.15) is 11.3 Å². The van der Waals surface area contributed by atoms with Gasteiger partial charge >= 0.3 is 5.97 Å². The molecule has 0 saturated carbocycles. The first-order valence-corrected chi connectivity index (χ1v) is 10.1. The quantitative estimate of drug-likeness (QED) is 0.378. The van der Waals surface area contributed by atoms with Crippen molar-refractivity contribution in [2.75, 3.05) is 0 Å². The Bertz CT molecular complexity index is 1390. The second-order valence-corrected chi connectivity index (χ2v) is 7.46. The molecule has 1 N–H and O–H groups in total. The monoisotopic (exact) mass is 422 g/mol. The maximum Gasteiger partial charge on any atom is 0.353 e. The van der Waals surface area contributed by atoms with Gasteiger partial charge in [-0.2, -0.15) is 0 Å². The number of fused-ring (bicyclic) bond motifs is 1. The zero-order valence-electron chi connectivity index (χ0n) is 17.4. The van der Waals surface area contributed by atoms with E-state index in [-0.39, 0.29) is 35.2 Å². The highest BCUT2D eigenvalue weighted by Gasteiger charge is 2.24. The highest BCUT2D eigenvalue weighted by Crippen LogP contribution is 2.23. The Morgan fingerprint density at radius 1 is 1.00 bits per heavy atom. The number of carbonyl (C=O) groups excluding carboxylic acids is 1. The summed E-state index contributed by atoms with van der Waals surface area (Å²) in [5.74, 6) is -1.41. The van der Waals surface area contributed by atoms with Gasteiger partial charge in [-0.1, -0.05) is 42.5 Å². The SMILES string of the molecule is [B]CC(=O)c1ccc(Cc2c(C(=O)O)n(-c3ccccc3)c3nc(C)ccc3c2=O)cc1. The molecule has 0 spiro atoms. The lowest BCUT2D eigenvalue weighted by Crippen LogP contribution is -2.24. The molecule has 156 valence electrons. The molecular formula is C25H19BN2O4. The van der Waals surface area contributed by atoms with Crippen LogP contribution in [0.15, 0.2) is 71.5 Å². The minimum atomic E-state index is -1.22. The molecule has 0 fully saturated rings. The molecule has 0 amide bonds. The molecule has 2 aromatic carbocycles. The molecule has 0 bridgehead atoms. The largest absolute Gasteiger partial charge is 0.477 e. The number of hydrogen-bond acceptors (Lipinski definition) is 4. The zero-order chi connectivity index (χ0) is 22.8. The van der Waals surface area contributed by atoms with E-state index >= 15 is 0 Å². The van der Waals surface area contributed by atoms with E-state index in [0.29, 0.717) is 33.5 Å². The van der Waals surface area contributed by atoms with Crippen molar-refractivity contribution in [3.63, 3.8) is 0 Å². The van der Waals surface area contributed by atoms with Gasteiger partial charge in [-0.05, 0) is 43.1 Å². The number of carboxylic acid groups (broad SMARTS) is 1. The summed E-state index contributed by atoms with van der Waals surface area (Å²) in [7, 11) is 5.41. The summed E-state index contributed by atoms with van der Waals surface area (Å²) in [5, 5.41) is 10.5. The number of carboxylic acids is 1. The zero-order valence-corrected chi connectivity index (χ0v) is 17.4. The molecule has 4 rings (SSSR count). The van der Waals surface area contributed by atoms with Crippen LogP contribution < -0.4 is 5.43 Å². The number of benzene rings is 2. The summed E-state index contributed by atoms with van der Waals surface area (Å²) in [6.45, 7) is 1.79. The number of aryl methyl sites for hydroxylation is 1. The van der Waals surface area contributed by atoms with Gasteiger partial charge in [-0.3, -0.25) is 14.2 Å². The average molecular weight is 422 g/mol. The van der Waals surface area contributed by atoms with E-state index in [1.165, 1.54) is 4.57 Å². The molecule has 0 atom stereocenters. The molecule has 2 aromatic heterocycles. The van der Waals surface area contributed by atoms with Crippen LogP contribution in [0.3, 0.4) is 0 Å². The van der Waals surface area contributed by atoms with Crippen LogP contribution >= 0.6 is 0 Å². The van der Waals surface area contributed by atoms with Crippen LogP contribution in [0, 0.1) is 6.92 Å². The van der Waals surface area contributed by atoms with Crippen molar-refractivity contribution in [1.29, 1.82) is 0 Å². The summed E-state index contributed by atoms with van der Waals surface area (Å²) in [6, 6.07) is 19.1. The molecule has 0 unspecified atom stereocenters. The van der Waals surface area contributed by atoms with Crippen LogP contribution in [0.1, 0.15) is 37.7 Å². The van der Waals surface area contributed by atoms with E-state index in [9.17, 15) is 19.5 Å². The maximum absolute atomic E-state index is 13.4. The highest BCUT2D eigenvalue weighted by atomic mass is 16.4. The Morgan fingerprint density at radius 2 is 1.69 bits per heavy atom. The van der Waals surface area contributed by atoms with E-state index in [1.807, 2.05) is 6.07 Å². The van der Waals surface area contributed by atoms with Crippen molar-refractivity contribution >= 4 is 30.6 Å². The lowest BCUT2D eigenvalue weighted by atomic mass is 9.94. The molecular weight excluding hydrogens is 403 g/mol. The number of Topliss-reactive ketones (excluding diaryl/α,β-unsaturated/α-hetero) is 1. The first kappa shape index (κ1) is 21.2. The summed E-state index contributed by atoms with van der Waals surface area (Å²) in [6.07, 6.45) is -0.00437. The van der Waals surface area contributed by atoms with Crippen molar-refractivity contribution in [3.8, 4) is 5.69 Å². The molecule has 0 saturated heterocycles. The fourth-order valence-electron chi connectivity index (χ4n) is 3.75. The van der Waals surface area contributed by atoms with E-state index in [2.05, 4.69) is 4.98 Å². The number of carbonyl (C=O) groups is 2. The third kappa shape index (κ3) is 3.85. The van der Waals surface area contributed by atoms with Crippen LogP contribution in [-0.2, 0) is 6.42 Å². The minimum absolute atomic E-state index is 0.0915. The van der Waals surface area contributed by atoms with Crippen molar-refractivity contribution in [3.05, 3.63) is 105 Å². The molecule has 2 radical (unpaired) electrons. The average Bonchev–Trinajstić information content (AvgIpc) is 2.80. The fraction of sp³-hybridized carbons (Fsp3) is 0.120. The third-order valence-electron chi connectivity index (χ3n) is 5.31. The van der Waals surface area contributed by atoms with Crippen LogP contribution in [-0.4, -0.2) is 34.3 Å². The second-order valence-electron chi connectivity index (χ2n) is 7.46. The van der Waals surface area contributed by atoms with E-state index < -0.39 is 5.97 Å². The lowest BCUT2D eigenvalue weighted by molar-refractivity contribution is 0.0686. The normalized spacial score (nSPS) is 10.9. The minimum Gasteiger partial charge on any atom is -0.477 e. The molecule has 7 heteroatoms. The van der Waals surface area contributed by atoms with E-state index in [4.69, 9.17) is 7.85 Å². The standard InChI is InChI=1S/C25H19BN2O4/c1-15-7-12-19-23(30)20(13-16-8-10-17(11-9-16)21(29)14-26)22(25(31)32)28(24(19)27-15)18-5-3-2-4-6-18/h2-12H,13-14H2,1H3,(H,31,32). The number of ketones is 1. The number of hydrogen-bond donors (Lipinski definition) is 1. The molecule has 6 nitrogen and oxygen atoms in total. The molecule has 0 aliphatic heterocycles. The van der Waals surface area contributed by atoms with E-state index in [0.717, 1.165) is 0 Å². The number of rotatable bonds is 6. The maximum atomic E-state index is 13.4. The number of nitrogens with zero attached hydrogens (tertiary/aromatic N) is 2. The van der Waals surface area contributed by atoms with Gasteiger partial charge in [-0.15, -0.1) is 0 Å². The summed E-state index contributed by atoms with van der Waals surface area (Å²) in [4.78, 5) is 42.1. The second kappa shape index (κ2) is 8.63. The van der Waals surface area contributed by atoms with Crippen molar-refractivity contribution < 1.29 is 14.7 Å². The van der Waals surface area contributed by atoms with Gasteiger partial charge in [0.05, 0.1) is 13.2 Å². The van der Waals surface area contributed by atoms with Gasteiger partial charge in [0.2, 0.25) is 0 Å². The smallest absolute Gasteiger partial charge is 0.353 e. The summed E-state index contributed by atoms with van der Waals surface area (Å²) >= 11 is 0. The molecule has 4 aromatic rings.